The Labute approximate surface area is 169 Å². The molecule has 1 heterocycles. The standard InChI is InChI=1S/C22H28N2OS2/c1-14(21-23-18-5-3-4-6-19(18)27-21)24(2)20(25)13-26-22-10-15-7-16(11-22)9-17(8-15)12-22/h3-6,14-17H,7-13H2,1-2H3/t14-,15?,16?,17?,22?/m0/s1. The third-order valence-corrected chi connectivity index (χ3v) is 9.84. The summed E-state index contributed by atoms with van der Waals surface area (Å²) in [6, 6.07) is 8.26. The summed E-state index contributed by atoms with van der Waals surface area (Å²) in [5.74, 6) is 3.70. The van der Waals surface area contributed by atoms with Crippen molar-refractivity contribution in [2.24, 2.45) is 17.8 Å². The highest BCUT2D eigenvalue weighted by atomic mass is 32.2. The van der Waals surface area contributed by atoms with Gasteiger partial charge in [0.15, 0.2) is 0 Å². The average molecular weight is 401 g/mol. The van der Waals surface area contributed by atoms with E-state index < -0.39 is 0 Å². The van der Waals surface area contributed by atoms with Crippen LogP contribution in [0.2, 0.25) is 0 Å². The van der Waals surface area contributed by atoms with E-state index in [2.05, 4.69) is 13.0 Å². The van der Waals surface area contributed by atoms with Crippen LogP contribution in [-0.2, 0) is 4.79 Å². The Balaban J connectivity index is 1.24. The Kier molecular flexibility index (Phi) is 4.51. The molecule has 2 aromatic rings. The molecule has 4 aliphatic rings. The van der Waals surface area contributed by atoms with Crippen LogP contribution in [0.5, 0.6) is 0 Å². The molecule has 1 amide bonds. The number of fused-ring (bicyclic) bond motifs is 1. The van der Waals surface area contributed by atoms with E-state index in [-0.39, 0.29) is 11.9 Å². The highest BCUT2D eigenvalue weighted by Gasteiger charge is 2.51. The molecule has 4 aliphatic carbocycles. The van der Waals surface area contributed by atoms with Crippen LogP contribution in [0.3, 0.4) is 0 Å². The van der Waals surface area contributed by atoms with Crippen LogP contribution in [0.25, 0.3) is 10.2 Å². The van der Waals surface area contributed by atoms with Gasteiger partial charge >= 0.3 is 0 Å². The number of carbonyl (C=O) groups excluding carboxylic acids is 1. The first-order chi connectivity index (χ1) is 13.0. The topological polar surface area (TPSA) is 33.2 Å². The third-order valence-electron chi connectivity index (χ3n) is 7.13. The molecule has 4 saturated carbocycles. The average Bonchev–Trinajstić information content (AvgIpc) is 3.08. The zero-order valence-corrected chi connectivity index (χ0v) is 17.8. The van der Waals surface area contributed by atoms with Gasteiger partial charge in [0.25, 0.3) is 0 Å². The Morgan fingerprint density at radius 3 is 2.48 bits per heavy atom. The van der Waals surface area contributed by atoms with E-state index in [0.717, 1.165) is 28.3 Å². The smallest absolute Gasteiger partial charge is 0.232 e. The van der Waals surface area contributed by atoms with E-state index >= 15 is 0 Å². The van der Waals surface area contributed by atoms with Crippen molar-refractivity contribution in [2.45, 2.75) is 56.2 Å². The van der Waals surface area contributed by atoms with E-state index in [1.807, 2.05) is 41.9 Å². The fraction of sp³-hybridized carbons (Fsp3) is 0.636. The molecule has 4 fully saturated rings. The molecule has 1 aromatic heterocycles. The third kappa shape index (κ3) is 3.31. The Morgan fingerprint density at radius 1 is 1.22 bits per heavy atom. The van der Waals surface area contributed by atoms with Crippen LogP contribution in [0.15, 0.2) is 24.3 Å². The molecule has 144 valence electrons. The minimum atomic E-state index is 0.0341. The number of hydrogen-bond acceptors (Lipinski definition) is 4. The number of carbonyl (C=O) groups is 1. The Morgan fingerprint density at radius 2 is 1.85 bits per heavy atom. The van der Waals surface area contributed by atoms with E-state index in [1.165, 1.54) is 43.2 Å². The van der Waals surface area contributed by atoms with Crippen molar-refractivity contribution >= 4 is 39.2 Å². The summed E-state index contributed by atoms with van der Waals surface area (Å²) in [6.45, 7) is 2.10. The second kappa shape index (κ2) is 6.77. The maximum atomic E-state index is 12.9. The quantitative estimate of drug-likeness (QED) is 0.663. The van der Waals surface area contributed by atoms with Crippen LogP contribution >= 0.6 is 23.1 Å². The molecule has 0 spiro atoms. The highest BCUT2D eigenvalue weighted by Crippen LogP contribution is 2.60. The van der Waals surface area contributed by atoms with Crippen molar-refractivity contribution in [2.75, 3.05) is 12.8 Å². The van der Waals surface area contributed by atoms with Gasteiger partial charge < -0.3 is 4.90 Å². The Hall–Kier alpha value is -1.07. The number of thiazole rings is 1. The molecule has 0 saturated heterocycles. The van der Waals surface area contributed by atoms with Gasteiger partial charge in [-0.05, 0) is 75.3 Å². The molecule has 27 heavy (non-hydrogen) atoms. The molecular formula is C22H28N2OS2. The number of para-hydroxylation sites is 1. The van der Waals surface area contributed by atoms with E-state index in [0.29, 0.717) is 10.5 Å². The lowest BCUT2D eigenvalue weighted by molar-refractivity contribution is -0.129. The second-order valence-electron chi connectivity index (χ2n) is 9.09. The lowest BCUT2D eigenvalue weighted by Gasteiger charge is -2.56. The first-order valence-corrected chi connectivity index (χ1v) is 12.1. The van der Waals surface area contributed by atoms with Gasteiger partial charge in [0, 0.05) is 11.8 Å². The van der Waals surface area contributed by atoms with Gasteiger partial charge in [-0.15, -0.1) is 23.1 Å². The van der Waals surface area contributed by atoms with Gasteiger partial charge in [0.05, 0.1) is 22.0 Å². The lowest BCUT2D eigenvalue weighted by Crippen LogP contribution is -2.49. The minimum absolute atomic E-state index is 0.0341. The van der Waals surface area contributed by atoms with E-state index in [9.17, 15) is 4.79 Å². The van der Waals surface area contributed by atoms with Gasteiger partial charge in [-0.2, -0.15) is 0 Å². The fourth-order valence-electron chi connectivity index (χ4n) is 5.97. The second-order valence-corrected chi connectivity index (χ2v) is 11.6. The monoisotopic (exact) mass is 400 g/mol. The molecule has 3 nitrogen and oxygen atoms in total. The summed E-state index contributed by atoms with van der Waals surface area (Å²) in [6.07, 6.45) is 8.45. The number of aromatic nitrogens is 1. The maximum Gasteiger partial charge on any atom is 0.232 e. The SMILES string of the molecule is C[C@@H](c1nc2ccccc2s1)N(C)C(=O)CSC12CC3CC(CC(C3)C1)C2. The number of hydrogen-bond donors (Lipinski definition) is 0. The minimum Gasteiger partial charge on any atom is -0.336 e. The number of rotatable bonds is 5. The van der Waals surface area contributed by atoms with Gasteiger partial charge in [0.1, 0.15) is 5.01 Å². The molecule has 6 rings (SSSR count). The van der Waals surface area contributed by atoms with Crippen molar-refractivity contribution < 1.29 is 4.79 Å². The van der Waals surface area contributed by atoms with Gasteiger partial charge in [-0.3, -0.25) is 4.79 Å². The zero-order valence-electron chi connectivity index (χ0n) is 16.2. The van der Waals surface area contributed by atoms with Gasteiger partial charge in [0.2, 0.25) is 5.91 Å². The maximum absolute atomic E-state index is 12.9. The molecule has 1 atom stereocenters. The van der Waals surface area contributed by atoms with E-state index in [1.54, 1.807) is 11.3 Å². The van der Waals surface area contributed by atoms with Gasteiger partial charge in [-0.1, -0.05) is 12.1 Å². The van der Waals surface area contributed by atoms with Crippen LogP contribution in [0.4, 0.5) is 0 Å². The number of amides is 1. The van der Waals surface area contributed by atoms with Crippen molar-refractivity contribution in [3.8, 4) is 0 Å². The number of benzene rings is 1. The zero-order chi connectivity index (χ0) is 18.6. The molecule has 0 N–H and O–H groups in total. The van der Waals surface area contributed by atoms with E-state index in [4.69, 9.17) is 4.98 Å². The summed E-state index contributed by atoms with van der Waals surface area (Å²) in [5, 5.41) is 1.03. The van der Waals surface area contributed by atoms with Crippen LogP contribution < -0.4 is 0 Å². The molecule has 0 radical (unpaired) electrons. The summed E-state index contributed by atoms with van der Waals surface area (Å²) < 4.78 is 1.60. The van der Waals surface area contributed by atoms with Crippen LogP contribution in [0, 0.1) is 17.8 Å². The largest absolute Gasteiger partial charge is 0.336 e. The molecule has 4 bridgehead atoms. The fourth-order valence-corrected chi connectivity index (χ4v) is 8.73. The predicted molar refractivity (Wildman–Crippen MR) is 114 cm³/mol. The van der Waals surface area contributed by atoms with Crippen molar-refractivity contribution in [1.82, 2.24) is 9.88 Å². The first-order valence-electron chi connectivity index (χ1n) is 10.3. The van der Waals surface area contributed by atoms with Crippen LogP contribution in [-0.4, -0.2) is 33.3 Å². The summed E-state index contributed by atoms with van der Waals surface area (Å²) in [7, 11) is 1.94. The molecular weight excluding hydrogens is 372 g/mol. The lowest BCUT2D eigenvalue weighted by atomic mass is 9.56. The van der Waals surface area contributed by atoms with Crippen molar-refractivity contribution in [3.63, 3.8) is 0 Å². The Bertz CT molecular complexity index is 793. The van der Waals surface area contributed by atoms with Crippen molar-refractivity contribution in [1.29, 1.82) is 0 Å². The van der Waals surface area contributed by atoms with Gasteiger partial charge in [-0.25, -0.2) is 4.98 Å². The normalized spacial score (nSPS) is 32.7. The highest BCUT2D eigenvalue weighted by molar-refractivity contribution is 8.01. The molecule has 0 aliphatic heterocycles. The number of nitrogens with zero attached hydrogens (tertiary/aromatic N) is 2. The summed E-state index contributed by atoms with van der Waals surface area (Å²) in [5.41, 5.74) is 1.04. The summed E-state index contributed by atoms with van der Waals surface area (Å²) >= 11 is 3.68. The number of thioether (sulfide) groups is 1. The van der Waals surface area contributed by atoms with Crippen LogP contribution in [0.1, 0.15) is 56.5 Å². The molecule has 0 unspecified atom stereocenters. The first kappa shape index (κ1) is 18.0. The van der Waals surface area contributed by atoms with Crippen molar-refractivity contribution in [3.05, 3.63) is 29.3 Å². The molecule has 5 heteroatoms. The summed E-state index contributed by atoms with van der Waals surface area (Å²) in [4.78, 5) is 19.6. The predicted octanol–water partition coefficient (Wildman–Crippen LogP) is 5.52. The molecule has 1 aromatic carbocycles.